The van der Waals surface area contributed by atoms with Crippen LogP contribution in [0.3, 0.4) is 0 Å². The number of hydrogen-bond donors (Lipinski definition) is 2. The van der Waals surface area contributed by atoms with Crippen molar-refractivity contribution in [1.29, 1.82) is 0 Å². The van der Waals surface area contributed by atoms with Gasteiger partial charge in [-0.05, 0) is 49.6 Å². The lowest BCUT2D eigenvalue weighted by Crippen LogP contribution is -2.14. The van der Waals surface area contributed by atoms with E-state index in [1.54, 1.807) is 0 Å². The number of amides is 1. The molecule has 1 rings (SSSR count). The zero-order valence-corrected chi connectivity index (χ0v) is 11.3. The largest absolute Gasteiger partial charge is 0.416 e. The van der Waals surface area contributed by atoms with Crippen molar-refractivity contribution in [3.8, 4) is 0 Å². The molecule has 1 aromatic carbocycles. The molecular weight excluding hydrogens is 269 g/mol. The van der Waals surface area contributed by atoms with Crippen LogP contribution in [-0.4, -0.2) is 12.5 Å². The van der Waals surface area contributed by atoms with E-state index in [2.05, 4.69) is 5.32 Å². The maximum Gasteiger partial charge on any atom is 0.416 e. The van der Waals surface area contributed by atoms with Crippen LogP contribution in [0, 0.1) is 5.92 Å². The third kappa shape index (κ3) is 5.61. The van der Waals surface area contributed by atoms with E-state index in [9.17, 15) is 18.0 Å². The molecule has 0 radical (unpaired) electrons. The molecule has 0 heterocycles. The van der Waals surface area contributed by atoms with Crippen molar-refractivity contribution in [3.63, 3.8) is 0 Å². The highest BCUT2D eigenvalue weighted by Gasteiger charge is 2.29. The number of anilines is 1. The summed E-state index contributed by atoms with van der Waals surface area (Å²) >= 11 is 0. The maximum absolute atomic E-state index is 12.4. The minimum Gasteiger partial charge on any atom is -0.330 e. The summed E-state index contributed by atoms with van der Waals surface area (Å²) in [7, 11) is 0. The average Bonchev–Trinajstić information content (AvgIpc) is 2.36. The van der Waals surface area contributed by atoms with Crippen LogP contribution < -0.4 is 11.1 Å². The molecule has 3 N–H and O–H groups in total. The van der Waals surface area contributed by atoms with Gasteiger partial charge in [0.1, 0.15) is 0 Å². The fourth-order valence-corrected chi connectivity index (χ4v) is 1.77. The van der Waals surface area contributed by atoms with E-state index >= 15 is 0 Å². The number of rotatable bonds is 6. The summed E-state index contributed by atoms with van der Waals surface area (Å²) < 4.78 is 37.1. The van der Waals surface area contributed by atoms with Gasteiger partial charge in [-0.1, -0.05) is 6.92 Å². The Labute approximate surface area is 116 Å². The van der Waals surface area contributed by atoms with Gasteiger partial charge in [0.2, 0.25) is 5.91 Å². The number of nitrogens with one attached hydrogen (secondary N) is 1. The van der Waals surface area contributed by atoms with Gasteiger partial charge < -0.3 is 11.1 Å². The van der Waals surface area contributed by atoms with E-state index in [-0.39, 0.29) is 5.91 Å². The first kappa shape index (κ1) is 16.5. The maximum atomic E-state index is 12.4. The molecule has 112 valence electrons. The van der Waals surface area contributed by atoms with Crippen molar-refractivity contribution < 1.29 is 18.0 Å². The van der Waals surface area contributed by atoms with Gasteiger partial charge in [0.25, 0.3) is 0 Å². The predicted molar refractivity (Wildman–Crippen MR) is 72.1 cm³/mol. The quantitative estimate of drug-likeness (QED) is 0.842. The molecule has 20 heavy (non-hydrogen) atoms. The Morgan fingerprint density at radius 3 is 2.35 bits per heavy atom. The second-order valence-electron chi connectivity index (χ2n) is 4.84. The molecule has 0 spiro atoms. The van der Waals surface area contributed by atoms with Crippen molar-refractivity contribution in [1.82, 2.24) is 0 Å². The highest BCUT2D eigenvalue weighted by Crippen LogP contribution is 2.29. The predicted octanol–water partition coefficient (Wildman–Crippen LogP) is 3.41. The van der Waals surface area contributed by atoms with Gasteiger partial charge in [-0.3, -0.25) is 4.79 Å². The smallest absolute Gasteiger partial charge is 0.330 e. The van der Waals surface area contributed by atoms with Gasteiger partial charge in [0, 0.05) is 12.1 Å². The Morgan fingerprint density at radius 2 is 1.85 bits per heavy atom. The SMILES string of the molecule is CC(CCN)CCC(=O)Nc1ccc(C(F)(F)F)cc1. The molecule has 0 aromatic heterocycles. The lowest BCUT2D eigenvalue weighted by atomic mass is 10.0. The van der Waals surface area contributed by atoms with Gasteiger partial charge in [-0.25, -0.2) is 0 Å². The molecule has 0 aliphatic rings. The molecular formula is C14H19F3N2O. The minimum absolute atomic E-state index is 0.200. The number of hydrogen-bond acceptors (Lipinski definition) is 2. The molecule has 0 aliphatic carbocycles. The van der Waals surface area contributed by atoms with Crippen molar-refractivity contribution in [3.05, 3.63) is 29.8 Å². The van der Waals surface area contributed by atoms with Crippen molar-refractivity contribution in [2.45, 2.75) is 32.4 Å². The first-order chi connectivity index (χ1) is 9.32. The van der Waals surface area contributed by atoms with E-state index < -0.39 is 11.7 Å². The zero-order valence-electron chi connectivity index (χ0n) is 11.3. The van der Waals surface area contributed by atoms with Crippen LogP contribution in [0.5, 0.6) is 0 Å². The number of benzene rings is 1. The molecule has 6 heteroatoms. The molecule has 3 nitrogen and oxygen atoms in total. The topological polar surface area (TPSA) is 55.1 Å². The summed E-state index contributed by atoms with van der Waals surface area (Å²) in [4.78, 5) is 11.6. The number of halogens is 3. The van der Waals surface area contributed by atoms with Crippen LogP contribution in [0.15, 0.2) is 24.3 Å². The molecule has 1 unspecified atom stereocenters. The second kappa shape index (κ2) is 7.28. The molecule has 1 aromatic rings. The van der Waals surface area contributed by atoms with E-state index in [1.807, 2.05) is 6.92 Å². The fraction of sp³-hybridized carbons (Fsp3) is 0.500. The van der Waals surface area contributed by atoms with E-state index in [1.165, 1.54) is 12.1 Å². The van der Waals surface area contributed by atoms with Crippen LogP contribution in [0.1, 0.15) is 31.7 Å². The Bertz CT molecular complexity index is 429. The van der Waals surface area contributed by atoms with Crippen molar-refractivity contribution in [2.75, 3.05) is 11.9 Å². The first-order valence-electron chi connectivity index (χ1n) is 6.50. The van der Waals surface area contributed by atoms with Crippen molar-refractivity contribution >= 4 is 11.6 Å². The summed E-state index contributed by atoms with van der Waals surface area (Å²) in [5.41, 5.74) is 5.06. The number of nitrogens with two attached hydrogens (primary N) is 1. The molecule has 1 amide bonds. The normalized spacial score (nSPS) is 13.1. The Kier molecular flexibility index (Phi) is 6.01. The highest BCUT2D eigenvalue weighted by molar-refractivity contribution is 5.90. The Morgan fingerprint density at radius 1 is 1.25 bits per heavy atom. The third-order valence-electron chi connectivity index (χ3n) is 3.02. The van der Waals surface area contributed by atoms with Crippen LogP contribution in [0.4, 0.5) is 18.9 Å². The van der Waals surface area contributed by atoms with E-state index in [0.29, 0.717) is 31.0 Å². The molecule has 0 saturated heterocycles. The highest BCUT2D eigenvalue weighted by atomic mass is 19.4. The summed E-state index contributed by atoms with van der Waals surface area (Å²) in [6, 6.07) is 4.41. The van der Waals surface area contributed by atoms with Gasteiger partial charge in [0.05, 0.1) is 5.56 Å². The fourth-order valence-electron chi connectivity index (χ4n) is 1.77. The molecule has 1 atom stereocenters. The van der Waals surface area contributed by atoms with Crippen LogP contribution in [0.2, 0.25) is 0 Å². The molecule has 0 saturated carbocycles. The summed E-state index contributed by atoms with van der Waals surface area (Å²) in [6.45, 7) is 2.60. The van der Waals surface area contributed by atoms with Gasteiger partial charge >= 0.3 is 6.18 Å². The van der Waals surface area contributed by atoms with Gasteiger partial charge in [-0.2, -0.15) is 13.2 Å². The van der Waals surface area contributed by atoms with E-state index in [0.717, 1.165) is 18.6 Å². The van der Waals surface area contributed by atoms with Gasteiger partial charge in [0.15, 0.2) is 0 Å². The summed E-state index contributed by atoms with van der Waals surface area (Å²) in [5, 5.41) is 2.58. The van der Waals surface area contributed by atoms with Gasteiger partial charge in [-0.15, -0.1) is 0 Å². The average molecular weight is 288 g/mol. The Hall–Kier alpha value is -1.56. The number of carbonyl (C=O) groups is 1. The second-order valence-corrected chi connectivity index (χ2v) is 4.84. The zero-order chi connectivity index (χ0) is 15.2. The van der Waals surface area contributed by atoms with Crippen LogP contribution in [-0.2, 0) is 11.0 Å². The van der Waals surface area contributed by atoms with Crippen LogP contribution in [0.25, 0.3) is 0 Å². The van der Waals surface area contributed by atoms with Crippen LogP contribution >= 0.6 is 0 Å². The lowest BCUT2D eigenvalue weighted by molar-refractivity contribution is -0.137. The molecule has 0 fully saturated rings. The number of alkyl halides is 3. The summed E-state index contributed by atoms with van der Waals surface area (Å²) in [6.07, 6.45) is -2.46. The minimum atomic E-state index is -4.36. The van der Waals surface area contributed by atoms with E-state index in [4.69, 9.17) is 5.73 Å². The molecule has 0 aliphatic heterocycles. The number of carbonyl (C=O) groups excluding carboxylic acids is 1. The first-order valence-corrected chi connectivity index (χ1v) is 6.50. The van der Waals surface area contributed by atoms with Crippen molar-refractivity contribution in [2.24, 2.45) is 11.7 Å². The molecule has 0 bridgehead atoms. The third-order valence-corrected chi connectivity index (χ3v) is 3.02. The lowest BCUT2D eigenvalue weighted by Gasteiger charge is -2.11. The summed E-state index contributed by atoms with van der Waals surface area (Å²) in [5.74, 6) is 0.159. The Balaban J connectivity index is 2.46. The monoisotopic (exact) mass is 288 g/mol. The standard InChI is InChI=1S/C14H19F3N2O/c1-10(8-9-18)2-7-13(20)19-12-5-3-11(4-6-12)14(15,16)17/h3-6,10H,2,7-9,18H2,1H3,(H,19,20).